The summed E-state index contributed by atoms with van der Waals surface area (Å²) < 4.78 is 1.41. The van der Waals surface area contributed by atoms with Gasteiger partial charge in [-0.25, -0.2) is 9.48 Å². The lowest BCUT2D eigenvalue weighted by Crippen LogP contribution is -2.47. The van der Waals surface area contributed by atoms with Crippen molar-refractivity contribution >= 4 is 11.9 Å². The molecule has 1 heterocycles. The minimum atomic E-state index is -1.36. The number of rotatable bonds is 5. The Morgan fingerprint density at radius 1 is 1.29 bits per heavy atom. The SMILES string of the molecule is C[C@@H](O)[C@H](NC(=O)c1ccc(-n2cnnn2)cc1)C(=O)O. The van der Waals surface area contributed by atoms with Crippen LogP contribution in [0, 0.1) is 0 Å². The van der Waals surface area contributed by atoms with Crippen molar-refractivity contribution in [1.82, 2.24) is 25.5 Å². The van der Waals surface area contributed by atoms with Gasteiger partial charge in [0.25, 0.3) is 5.91 Å². The van der Waals surface area contributed by atoms with Gasteiger partial charge in [0.2, 0.25) is 0 Å². The molecule has 0 saturated carbocycles. The first-order chi connectivity index (χ1) is 9.99. The first-order valence-corrected chi connectivity index (χ1v) is 6.04. The van der Waals surface area contributed by atoms with Crippen LogP contribution in [0.5, 0.6) is 0 Å². The molecule has 1 aromatic heterocycles. The number of hydrogen-bond acceptors (Lipinski definition) is 6. The van der Waals surface area contributed by atoms with E-state index in [1.807, 2.05) is 0 Å². The molecular weight excluding hydrogens is 278 g/mol. The highest BCUT2D eigenvalue weighted by atomic mass is 16.4. The number of nitrogens with zero attached hydrogens (tertiary/aromatic N) is 4. The number of aliphatic hydroxyl groups is 1. The molecule has 2 rings (SSSR count). The fourth-order valence-corrected chi connectivity index (χ4v) is 1.66. The molecule has 3 N–H and O–H groups in total. The standard InChI is InChI=1S/C12H13N5O4/c1-7(18)10(12(20)21)14-11(19)8-2-4-9(5-3-8)17-6-13-15-16-17/h2-7,10,18H,1H3,(H,14,19)(H,20,21)/t7-,10+/m1/s1. The molecule has 0 aliphatic rings. The molecule has 0 bridgehead atoms. The molecule has 1 amide bonds. The molecule has 0 spiro atoms. The van der Waals surface area contributed by atoms with Crippen molar-refractivity contribution in [2.24, 2.45) is 0 Å². The fraction of sp³-hybridized carbons (Fsp3) is 0.250. The van der Waals surface area contributed by atoms with E-state index in [1.165, 1.54) is 30.1 Å². The van der Waals surface area contributed by atoms with Gasteiger partial charge >= 0.3 is 5.97 Å². The number of carboxylic acid groups (broad SMARTS) is 1. The van der Waals surface area contributed by atoms with Crippen molar-refractivity contribution in [3.05, 3.63) is 36.2 Å². The van der Waals surface area contributed by atoms with Gasteiger partial charge in [-0.1, -0.05) is 0 Å². The molecule has 0 unspecified atom stereocenters. The number of hydrogen-bond donors (Lipinski definition) is 3. The summed E-state index contributed by atoms with van der Waals surface area (Å²) in [7, 11) is 0. The summed E-state index contributed by atoms with van der Waals surface area (Å²) in [5, 5.41) is 31.2. The maximum absolute atomic E-state index is 11.9. The molecule has 0 aliphatic heterocycles. The zero-order valence-electron chi connectivity index (χ0n) is 11.0. The summed E-state index contributed by atoms with van der Waals surface area (Å²) in [5.41, 5.74) is 0.917. The molecule has 0 fully saturated rings. The van der Waals surface area contributed by atoms with Crippen LogP contribution in [-0.4, -0.2) is 54.4 Å². The first kappa shape index (κ1) is 14.6. The van der Waals surface area contributed by atoms with Crippen molar-refractivity contribution in [3.8, 4) is 5.69 Å². The Morgan fingerprint density at radius 2 is 1.95 bits per heavy atom. The number of carbonyl (C=O) groups is 2. The lowest BCUT2D eigenvalue weighted by Gasteiger charge is -2.17. The van der Waals surface area contributed by atoms with Crippen LogP contribution in [0.4, 0.5) is 0 Å². The van der Waals surface area contributed by atoms with Gasteiger partial charge in [-0.3, -0.25) is 4.79 Å². The molecular formula is C12H13N5O4. The van der Waals surface area contributed by atoms with E-state index >= 15 is 0 Å². The van der Waals surface area contributed by atoms with Crippen molar-refractivity contribution in [2.45, 2.75) is 19.1 Å². The lowest BCUT2D eigenvalue weighted by atomic mass is 10.1. The fourth-order valence-electron chi connectivity index (χ4n) is 1.66. The molecule has 2 aromatic rings. The van der Waals surface area contributed by atoms with Gasteiger partial charge in [0, 0.05) is 5.56 Å². The molecule has 2 atom stereocenters. The maximum Gasteiger partial charge on any atom is 0.328 e. The van der Waals surface area contributed by atoms with Gasteiger partial charge in [0.1, 0.15) is 6.33 Å². The van der Waals surface area contributed by atoms with E-state index in [-0.39, 0.29) is 5.56 Å². The summed E-state index contributed by atoms with van der Waals surface area (Å²) in [6.07, 6.45) is 0.204. The third-order valence-corrected chi connectivity index (χ3v) is 2.78. The predicted molar refractivity (Wildman–Crippen MR) is 69.7 cm³/mol. The normalized spacial score (nSPS) is 13.4. The largest absolute Gasteiger partial charge is 0.480 e. The van der Waals surface area contributed by atoms with E-state index in [2.05, 4.69) is 20.8 Å². The number of benzene rings is 1. The summed E-state index contributed by atoms with van der Waals surface area (Å²) in [6.45, 7) is 1.29. The van der Waals surface area contributed by atoms with Crippen molar-refractivity contribution in [3.63, 3.8) is 0 Å². The second-order valence-electron chi connectivity index (χ2n) is 4.33. The van der Waals surface area contributed by atoms with Gasteiger partial charge in [0.15, 0.2) is 6.04 Å². The first-order valence-electron chi connectivity index (χ1n) is 6.04. The van der Waals surface area contributed by atoms with Crippen LogP contribution in [0.25, 0.3) is 5.69 Å². The zero-order chi connectivity index (χ0) is 15.4. The van der Waals surface area contributed by atoms with Crippen LogP contribution in [0.15, 0.2) is 30.6 Å². The molecule has 0 aliphatic carbocycles. The number of nitrogens with one attached hydrogen (secondary N) is 1. The van der Waals surface area contributed by atoms with E-state index in [0.717, 1.165) is 0 Å². The van der Waals surface area contributed by atoms with Gasteiger partial charge < -0.3 is 15.5 Å². The predicted octanol–water partition coefficient (Wildman–Crippen LogP) is -0.774. The van der Waals surface area contributed by atoms with Crippen LogP contribution < -0.4 is 5.32 Å². The number of carbonyl (C=O) groups excluding carboxylic acids is 1. The highest BCUT2D eigenvalue weighted by molar-refractivity contribution is 5.96. The third-order valence-electron chi connectivity index (χ3n) is 2.78. The smallest absolute Gasteiger partial charge is 0.328 e. The van der Waals surface area contributed by atoms with Crippen LogP contribution in [0.3, 0.4) is 0 Å². The monoisotopic (exact) mass is 291 g/mol. The number of amides is 1. The van der Waals surface area contributed by atoms with Gasteiger partial charge in [0.05, 0.1) is 11.8 Å². The summed E-state index contributed by atoms with van der Waals surface area (Å²) in [4.78, 5) is 22.8. The Bertz CT molecular complexity index is 624. The quantitative estimate of drug-likeness (QED) is 0.659. The Morgan fingerprint density at radius 3 is 2.43 bits per heavy atom. The summed E-state index contributed by atoms with van der Waals surface area (Å²) in [6, 6.07) is 4.88. The zero-order valence-corrected chi connectivity index (χ0v) is 11.0. The Hall–Kier alpha value is -2.81. The van der Waals surface area contributed by atoms with E-state index in [4.69, 9.17) is 5.11 Å². The number of aliphatic carboxylic acids is 1. The number of aliphatic hydroxyl groups excluding tert-OH is 1. The number of aromatic nitrogens is 4. The number of carboxylic acids is 1. The maximum atomic E-state index is 11.9. The summed E-state index contributed by atoms with van der Waals surface area (Å²) in [5.74, 6) is -1.89. The Balaban J connectivity index is 2.11. The van der Waals surface area contributed by atoms with Gasteiger partial charge in [-0.15, -0.1) is 5.10 Å². The van der Waals surface area contributed by atoms with Gasteiger partial charge in [-0.05, 0) is 41.6 Å². The van der Waals surface area contributed by atoms with Crippen molar-refractivity contribution in [2.75, 3.05) is 0 Å². The van der Waals surface area contributed by atoms with Crippen LogP contribution in [0.2, 0.25) is 0 Å². The Kier molecular flexibility index (Phi) is 4.24. The second-order valence-corrected chi connectivity index (χ2v) is 4.33. The highest BCUT2D eigenvalue weighted by Gasteiger charge is 2.25. The third kappa shape index (κ3) is 3.39. The molecule has 1 aromatic carbocycles. The van der Waals surface area contributed by atoms with E-state index in [9.17, 15) is 14.7 Å². The molecule has 0 saturated heterocycles. The van der Waals surface area contributed by atoms with Gasteiger partial charge in [-0.2, -0.15) is 0 Å². The van der Waals surface area contributed by atoms with Crippen LogP contribution in [-0.2, 0) is 4.79 Å². The average molecular weight is 291 g/mol. The van der Waals surface area contributed by atoms with Crippen LogP contribution >= 0.6 is 0 Å². The van der Waals surface area contributed by atoms with Crippen molar-refractivity contribution < 1.29 is 19.8 Å². The minimum absolute atomic E-state index is 0.263. The topological polar surface area (TPSA) is 130 Å². The highest BCUT2D eigenvalue weighted by Crippen LogP contribution is 2.08. The van der Waals surface area contributed by atoms with Crippen LogP contribution in [0.1, 0.15) is 17.3 Å². The molecule has 9 heteroatoms. The lowest BCUT2D eigenvalue weighted by molar-refractivity contribution is -0.141. The molecule has 110 valence electrons. The summed E-state index contributed by atoms with van der Waals surface area (Å²) >= 11 is 0. The minimum Gasteiger partial charge on any atom is -0.480 e. The van der Waals surface area contributed by atoms with E-state index < -0.39 is 24.0 Å². The molecule has 21 heavy (non-hydrogen) atoms. The average Bonchev–Trinajstić information content (AvgIpc) is 2.98. The Labute approximate surface area is 119 Å². The number of tetrazole rings is 1. The van der Waals surface area contributed by atoms with Crippen molar-refractivity contribution in [1.29, 1.82) is 0 Å². The van der Waals surface area contributed by atoms with E-state index in [0.29, 0.717) is 5.69 Å². The van der Waals surface area contributed by atoms with E-state index in [1.54, 1.807) is 12.1 Å². The molecule has 9 nitrogen and oxygen atoms in total. The molecule has 0 radical (unpaired) electrons. The second kappa shape index (κ2) is 6.09.